The molecule has 1 amide bonds. The van der Waals surface area contributed by atoms with E-state index in [1.54, 1.807) is 7.11 Å². The maximum atomic E-state index is 12.0. The van der Waals surface area contributed by atoms with E-state index in [2.05, 4.69) is 30.5 Å². The highest BCUT2D eigenvalue weighted by atomic mass is 16.5. The molecule has 0 aromatic heterocycles. The number of nitrogens with one attached hydrogen (secondary N) is 2. The lowest BCUT2D eigenvalue weighted by molar-refractivity contribution is -0.124. The Morgan fingerprint density at radius 1 is 1.42 bits per heavy atom. The Hall–Kier alpha value is -1.55. The fraction of sp³-hybridized carbons (Fsp3) is 0.533. The van der Waals surface area contributed by atoms with Crippen LogP contribution in [0.5, 0.6) is 5.75 Å². The summed E-state index contributed by atoms with van der Waals surface area (Å²) in [4.78, 5) is 12.0. The summed E-state index contributed by atoms with van der Waals surface area (Å²) in [7, 11) is 1.66. The van der Waals surface area contributed by atoms with Crippen LogP contribution in [-0.4, -0.2) is 26.1 Å². The van der Waals surface area contributed by atoms with E-state index in [0.717, 1.165) is 30.8 Å². The summed E-state index contributed by atoms with van der Waals surface area (Å²) in [6.07, 6.45) is 0.926. The Labute approximate surface area is 114 Å². The quantitative estimate of drug-likeness (QED) is 0.865. The van der Waals surface area contributed by atoms with Crippen molar-refractivity contribution in [3.63, 3.8) is 0 Å². The number of rotatable bonds is 4. The maximum absolute atomic E-state index is 12.0. The number of amides is 1. The number of hydrogen-bond donors (Lipinski definition) is 2. The lowest BCUT2D eigenvalue weighted by atomic mass is 10.0. The first-order valence-corrected chi connectivity index (χ1v) is 6.74. The monoisotopic (exact) mass is 262 g/mol. The van der Waals surface area contributed by atoms with Gasteiger partial charge in [0, 0.05) is 18.7 Å². The summed E-state index contributed by atoms with van der Waals surface area (Å²) in [6, 6.07) is 4.11. The SMILES string of the molecule is COc1cc(C)c(C)cc1CNC(=O)C1CCNC1. The Kier molecular flexibility index (Phi) is 4.43. The third-order valence-electron chi connectivity index (χ3n) is 3.78. The van der Waals surface area contributed by atoms with Crippen molar-refractivity contribution in [3.8, 4) is 5.75 Å². The van der Waals surface area contributed by atoms with Crippen LogP contribution in [0.25, 0.3) is 0 Å². The number of methoxy groups -OCH3 is 1. The largest absolute Gasteiger partial charge is 0.496 e. The molecule has 4 heteroatoms. The van der Waals surface area contributed by atoms with E-state index in [1.165, 1.54) is 11.1 Å². The van der Waals surface area contributed by atoms with Crippen LogP contribution >= 0.6 is 0 Å². The topological polar surface area (TPSA) is 50.4 Å². The number of benzene rings is 1. The van der Waals surface area contributed by atoms with Crippen molar-refractivity contribution in [2.45, 2.75) is 26.8 Å². The smallest absolute Gasteiger partial charge is 0.224 e. The zero-order valence-electron chi connectivity index (χ0n) is 11.9. The molecule has 0 bridgehead atoms. The van der Waals surface area contributed by atoms with Crippen molar-refractivity contribution >= 4 is 5.91 Å². The third-order valence-corrected chi connectivity index (χ3v) is 3.78. The normalized spacial score (nSPS) is 18.4. The van der Waals surface area contributed by atoms with Crippen LogP contribution in [0.1, 0.15) is 23.1 Å². The molecule has 0 aliphatic carbocycles. The summed E-state index contributed by atoms with van der Waals surface area (Å²) in [5, 5.41) is 6.21. The van der Waals surface area contributed by atoms with Crippen LogP contribution in [0.2, 0.25) is 0 Å². The van der Waals surface area contributed by atoms with Gasteiger partial charge in [-0.05, 0) is 44.0 Å². The van der Waals surface area contributed by atoms with Crippen molar-refractivity contribution in [3.05, 3.63) is 28.8 Å². The lowest BCUT2D eigenvalue weighted by Gasteiger charge is -2.14. The molecule has 2 rings (SSSR count). The molecule has 1 atom stereocenters. The highest BCUT2D eigenvalue weighted by molar-refractivity contribution is 5.79. The van der Waals surface area contributed by atoms with Crippen molar-refractivity contribution in [2.24, 2.45) is 5.92 Å². The predicted octanol–water partition coefficient (Wildman–Crippen LogP) is 1.54. The van der Waals surface area contributed by atoms with Crippen molar-refractivity contribution in [1.29, 1.82) is 0 Å². The molecule has 1 heterocycles. The molecule has 4 nitrogen and oxygen atoms in total. The molecule has 2 N–H and O–H groups in total. The summed E-state index contributed by atoms with van der Waals surface area (Å²) >= 11 is 0. The summed E-state index contributed by atoms with van der Waals surface area (Å²) < 4.78 is 5.38. The number of carbonyl (C=O) groups is 1. The first-order chi connectivity index (χ1) is 9.11. The Morgan fingerprint density at radius 2 is 2.16 bits per heavy atom. The molecule has 1 aliphatic heterocycles. The van der Waals surface area contributed by atoms with Gasteiger partial charge in [-0.2, -0.15) is 0 Å². The van der Waals surface area contributed by atoms with Gasteiger partial charge in [-0.25, -0.2) is 0 Å². The average molecular weight is 262 g/mol. The minimum absolute atomic E-state index is 0.109. The van der Waals surface area contributed by atoms with Gasteiger partial charge in [-0.1, -0.05) is 6.07 Å². The van der Waals surface area contributed by atoms with Gasteiger partial charge in [0.1, 0.15) is 5.75 Å². The van der Waals surface area contributed by atoms with E-state index in [0.29, 0.717) is 6.54 Å². The molecule has 1 unspecified atom stereocenters. The van der Waals surface area contributed by atoms with E-state index >= 15 is 0 Å². The second-order valence-electron chi connectivity index (χ2n) is 5.16. The van der Waals surface area contributed by atoms with Gasteiger partial charge in [0.15, 0.2) is 0 Å². The van der Waals surface area contributed by atoms with Crippen molar-refractivity contribution in [1.82, 2.24) is 10.6 Å². The standard InChI is InChI=1S/C15H22N2O2/c1-10-6-13(14(19-3)7-11(10)2)9-17-15(18)12-4-5-16-8-12/h6-7,12,16H,4-5,8-9H2,1-3H3,(H,17,18). The Balaban J connectivity index is 2.02. The second-order valence-corrected chi connectivity index (χ2v) is 5.16. The van der Waals surface area contributed by atoms with Gasteiger partial charge in [0.25, 0.3) is 0 Å². The van der Waals surface area contributed by atoms with Gasteiger partial charge in [-0.15, -0.1) is 0 Å². The maximum Gasteiger partial charge on any atom is 0.224 e. The zero-order chi connectivity index (χ0) is 13.8. The number of aryl methyl sites for hydroxylation is 2. The number of ether oxygens (including phenoxy) is 1. The van der Waals surface area contributed by atoms with Gasteiger partial charge in [-0.3, -0.25) is 4.79 Å². The molecule has 1 fully saturated rings. The van der Waals surface area contributed by atoms with Crippen LogP contribution in [-0.2, 0) is 11.3 Å². The Bertz CT molecular complexity index is 465. The molecule has 0 spiro atoms. The van der Waals surface area contributed by atoms with Gasteiger partial charge < -0.3 is 15.4 Å². The van der Waals surface area contributed by atoms with Crippen LogP contribution < -0.4 is 15.4 Å². The average Bonchev–Trinajstić information content (AvgIpc) is 2.93. The molecular formula is C15H22N2O2. The fourth-order valence-corrected chi connectivity index (χ4v) is 2.38. The fourth-order valence-electron chi connectivity index (χ4n) is 2.38. The number of carbonyl (C=O) groups excluding carboxylic acids is 1. The van der Waals surface area contributed by atoms with E-state index < -0.39 is 0 Å². The Morgan fingerprint density at radius 3 is 2.79 bits per heavy atom. The first-order valence-electron chi connectivity index (χ1n) is 6.74. The number of hydrogen-bond acceptors (Lipinski definition) is 3. The van der Waals surface area contributed by atoms with Gasteiger partial charge >= 0.3 is 0 Å². The highest BCUT2D eigenvalue weighted by Crippen LogP contribution is 2.23. The predicted molar refractivity (Wildman–Crippen MR) is 75.3 cm³/mol. The van der Waals surface area contributed by atoms with E-state index in [-0.39, 0.29) is 11.8 Å². The van der Waals surface area contributed by atoms with E-state index in [9.17, 15) is 4.79 Å². The van der Waals surface area contributed by atoms with Crippen LogP contribution in [0, 0.1) is 19.8 Å². The third kappa shape index (κ3) is 3.26. The lowest BCUT2D eigenvalue weighted by Crippen LogP contribution is -2.31. The summed E-state index contributed by atoms with van der Waals surface area (Å²) in [5.74, 6) is 1.08. The van der Waals surface area contributed by atoms with Gasteiger partial charge in [0.05, 0.1) is 13.0 Å². The molecule has 19 heavy (non-hydrogen) atoms. The first kappa shape index (κ1) is 13.9. The minimum Gasteiger partial charge on any atom is -0.496 e. The molecule has 1 saturated heterocycles. The van der Waals surface area contributed by atoms with Crippen LogP contribution in [0.15, 0.2) is 12.1 Å². The van der Waals surface area contributed by atoms with E-state index in [4.69, 9.17) is 4.74 Å². The van der Waals surface area contributed by atoms with Crippen molar-refractivity contribution in [2.75, 3.05) is 20.2 Å². The van der Waals surface area contributed by atoms with Crippen molar-refractivity contribution < 1.29 is 9.53 Å². The minimum atomic E-state index is 0.109. The van der Waals surface area contributed by atoms with Crippen LogP contribution in [0.3, 0.4) is 0 Å². The molecule has 0 radical (unpaired) electrons. The molecule has 1 aromatic rings. The summed E-state index contributed by atoms with van der Waals surface area (Å²) in [5.41, 5.74) is 3.45. The molecular weight excluding hydrogens is 240 g/mol. The molecule has 1 aliphatic rings. The molecule has 104 valence electrons. The zero-order valence-corrected chi connectivity index (χ0v) is 11.9. The molecule has 0 saturated carbocycles. The van der Waals surface area contributed by atoms with E-state index in [1.807, 2.05) is 6.07 Å². The second kappa shape index (κ2) is 6.06. The summed E-state index contributed by atoms with van der Waals surface area (Å²) in [6.45, 7) is 6.38. The van der Waals surface area contributed by atoms with Crippen LogP contribution in [0.4, 0.5) is 0 Å². The highest BCUT2D eigenvalue weighted by Gasteiger charge is 2.22. The van der Waals surface area contributed by atoms with Gasteiger partial charge in [0.2, 0.25) is 5.91 Å². The molecule has 1 aromatic carbocycles.